The van der Waals surface area contributed by atoms with E-state index in [-0.39, 0.29) is 35.4 Å². The van der Waals surface area contributed by atoms with Gasteiger partial charge in [0, 0.05) is 37.4 Å². The van der Waals surface area contributed by atoms with E-state index in [1.165, 1.54) is 41.7 Å². The molecule has 9 heteroatoms. The first-order valence-electron chi connectivity index (χ1n) is 10.9. The highest BCUT2D eigenvalue weighted by molar-refractivity contribution is 7.89. The van der Waals surface area contributed by atoms with Crippen LogP contribution in [0.3, 0.4) is 0 Å². The molecule has 0 atom stereocenters. The molecule has 3 aromatic carbocycles. The molecule has 1 aliphatic rings. The van der Waals surface area contributed by atoms with Crippen LogP contribution in [-0.4, -0.2) is 51.9 Å². The number of carbonyl (C=O) groups excluding carboxylic acids is 1. The summed E-state index contributed by atoms with van der Waals surface area (Å²) >= 11 is 0. The Morgan fingerprint density at radius 1 is 0.971 bits per heavy atom. The molecule has 0 radical (unpaired) electrons. The van der Waals surface area contributed by atoms with Crippen LogP contribution in [0.2, 0.25) is 0 Å². The van der Waals surface area contributed by atoms with Crippen LogP contribution in [-0.2, 0) is 10.0 Å². The van der Waals surface area contributed by atoms with E-state index < -0.39 is 10.0 Å². The van der Waals surface area contributed by atoms with Crippen LogP contribution < -0.4 is 15.0 Å². The van der Waals surface area contributed by atoms with E-state index in [9.17, 15) is 17.6 Å². The van der Waals surface area contributed by atoms with Gasteiger partial charge in [-0.3, -0.25) is 4.79 Å². The highest BCUT2D eigenvalue weighted by Crippen LogP contribution is 2.30. The Labute approximate surface area is 198 Å². The average molecular weight is 484 g/mol. The van der Waals surface area contributed by atoms with Gasteiger partial charge in [-0.05, 0) is 61.0 Å². The van der Waals surface area contributed by atoms with Crippen molar-refractivity contribution in [2.75, 3.05) is 43.5 Å². The minimum absolute atomic E-state index is 0.0728. The number of halogens is 1. The second-order valence-electron chi connectivity index (χ2n) is 8.00. The highest BCUT2D eigenvalue weighted by Gasteiger charge is 2.29. The van der Waals surface area contributed by atoms with Gasteiger partial charge in [-0.2, -0.15) is 4.31 Å². The molecule has 0 unspecified atom stereocenters. The molecule has 0 bridgehead atoms. The maximum atomic E-state index is 13.3. The van der Waals surface area contributed by atoms with E-state index in [1.54, 1.807) is 24.3 Å². The van der Waals surface area contributed by atoms with Gasteiger partial charge in [0.15, 0.2) is 0 Å². The summed E-state index contributed by atoms with van der Waals surface area (Å²) in [6, 6.07) is 17.7. The lowest BCUT2D eigenvalue weighted by Crippen LogP contribution is -2.48. The first kappa shape index (κ1) is 23.7. The lowest BCUT2D eigenvalue weighted by atomic mass is 10.1. The second-order valence-corrected chi connectivity index (χ2v) is 9.94. The summed E-state index contributed by atoms with van der Waals surface area (Å²) in [5.74, 6) is -0.296. The quantitative estimate of drug-likeness (QED) is 0.575. The number of piperazine rings is 1. The predicted octanol–water partition coefficient (Wildman–Crippen LogP) is 3.91. The predicted molar refractivity (Wildman–Crippen MR) is 129 cm³/mol. The molecule has 1 heterocycles. The Bertz CT molecular complexity index is 1290. The normalized spacial score (nSPS) is 14.6. The van der Waals surface area contributed by atoms with Crippen LogP contribution in [0.4, 0.5) is 15.8 Å². The van der Waals surface area contributed by atoms with E-state index in [0.717, 1.165) is 11.3 Å². The molecule has 178 valence electrons. The number of sulfonamides is 1. The van der Waals surface area contributed by atoms with Crippen LogP contribution in [0.1, 0.15) is 15.9 Å². The van der Waals surface area contributed by atoms with Crippen LogP contribution in [0.25, 0.3) is 0 Å². The van der Waals surface area contributed by atoms with Gasteiger partial charge in [0.2, 0.25) is 10.0 Å². The molecular formula is C25H26FN3O4S. The third kappa shape index (κ3) is 4.90. The molecule has 0 saturated carbocycles. The van der Waals surface area contributed by atoms with Crippen molar-refractivity contribution < 1.29 is 22.3 Å². The number of amides is 1. The molecule has 34 heavy (non-hydrogen) atoms. The average Bonchev–Trinajstić information content (AvgIpc) is 2.84. The van der Waals surface area contributed by atoms with Crippen molar-refractivity contribution >= 4 is 27.3 Å². The molecular weight excluding hydrogens is 457 g/mol. The summed E-state index contributed by atoms with van der Waals surface area (Å²) in [4.78, 5) is 14.9. The standard InChI is InChI=1S/C25H26FN3O4S/c1-18-5-3-4-6-22(18)25(30)27-23-17-21(11-12-24(23)33-2)34(31,32)29-15-13-28(14-16-29)20-9-7-19(26)8-10-20/h3-12,17H,13-16H2,1-2H3,(H,27,30). The van der Waals surface area contributed by atoms with Crippen molar-refractivity contribution in [3.63, 3.8) is 0 Å². The van der Waals surface area contributed by atoms with Gasteiger partial charge in [0.25, 0.3) is 5.91 Å². The van der Waals surface area contributed by atoms with E-state index >= 15 is 0 Å². The molecule has 4 rings (SSSR count). The highest BCUT2D eigenvalue weighted by atomic mass is 32.2. The van der Waals surface area contributed by atoms with E-state index in [2.05, 4.69) is 5.32 Å². The van der Waals surface area contributed by atoms with Crippen molar-refractivity contribution in [1.29, 1.82) is 0 Å². The number of nitrogens with zero attached hydrogens (tertiary/aromatic N) is 2. The third-order valence-electron chi connectivity index (χ3n) is 5.88. The fourth-order valence-corrected chi connectivity index (χ4v) is 5.40. The summed E-state index contributed by atoms with van der Waals surface area (Å²) < 4.78 is 46.6. The van der Waals surface area contributed by atoms with Gasteiger partial charge in [0.05, 0.1) is 17.7 Å². The van der Waals surface area contributed by atoms with Crippen LogP contribution in [0.15, 0.2) is 71.6 Å². The Balaban J connectivity index is 1.52. The molecule has 1 fully saturated rings. The summed E-state index contributed by atoms with van der Waals surface area (Å²) in [6.07, 6.45) is 0. The van der Waals surface area contributed by atoms with E-state index in [1.807, 2.05) is 24.0 Å². The fraction of sp³-hybridized carbons (Fsp3) is 0.240. The monoisotopic (exact) mass is 483 g/mol. The fourth-order valence-electron chi connectivity index (χ4n) is 3.95. The molecule has 1 amide bonds. The number of methoxy groups -OCH3 is 1. The molecule has 0 spiro atoms. The first-order chi connectivity index (χ1) is 16.3. The summed E-state index contributed by atoms with van der Waals surface area (Å²) in [5, 5.41) is 2.78. The van der Waals surface area contributed by atoms with Crippen molar-refractivity contribution in [3.8, 4) is 5.75 Å². The molecule has 7 nitrogen and oxygen atoms in total. The molecule has 0 aliphatic carbocycles. The van der Waals surface area contributed by atoms with Gasteiger partial charge < -0.3 is 15.0 Å². The second kappa shape index (κ2) is 9.82. The smallest absolute Gasteiger partial charge is 0.256 e. The van der Waals surface area contributed by atoms with Crippen LogP contribution >= 0.6 is 0 Å². The topological polar surface area (TPSA) is 79.0 Å². The number of anilines is 2. The van der Waals surface area contributed by atoms with Crippen molar-refractivity contribution in [2.45, 2.75) is 11.8 Å². The zero-order valence-corrected chi connectivity index (χ0v) is 19.8. The van der Waals surface area contributed by atoms with Crippen LogP contribution in [0, 0.1) is 12.7 Å². The number of benzene rings is 3. The Morgan fingerprint density at radius 2 is 1.65 bits per heavy atom. The van der Waals surface area contributed by atoms with Gasteiger partial charge in [0.1, 0.15) is 11.6 Å². The number of aryl methyl sites for hydroxylation is 1. The SMILES string of the molecule is COc1ccc(S(=O)(=O)N2CCN(c3ccc(F)cc3)CC2)cc1NC(=O)c1ccccc1C. The summed E-state index contributed by atoms with van der Waals surface area (Å²) in [6.45, 7) is 3.38. The van der Waals surface area contributed by atoms with E-state index in [4.69, 9.17) is 4.74 Å². The molecule has 1 aliphatic heterocycles. The molecule has 1 N–H and O–H groups in total. The first-order valence-corrected chi connectivity index (χ1v) is 12.3. The molecule has 1 saturated heterocycles. The number of carbonyl (C=O) groups is 1. The maximum Gasteiger partial charge on any atom is 0.256 e. The largest absolute Gasteiger partial charge is 0.495 e. The lowest BCUT2D eigenvalue weighted by Gasteiger charge is -2.35. The summed E-state index contributed by atoms with van der Waals surface area (Å²) in [5.41, 5.74) is 2.43. The number of ether oxygens (including phenoxy) is 1. The molecule has 3 aromatic rings. The summed E-state index contributed by atoms with van der Waals surface area (Å²) in [7, 11) is -2.33. The van der Waals surface area contributed by atoms with Gasteiger partial charge in [-0.15, -0.1) is 0 Å². The molecule has 0 aromatic heterocycles. The Hall–Kier alpha value is -3.43. The number of hydrogen-bond donors (Lipinski definition) is 1. The van der Waals surface area contributed by atoms with Crippen molar-refractivity contribution in [3.05, 3.63) is 83.7 Å². The van der Waals surface area contributed by atoms with Crippen molar-refractivity contribution in [2.24, 2.45) is 0 Å². The number of hydrogen-bond acceptors (Lipinski definition) is 5. The van der Waals surface area contributed by atoms with Gasteiger partial charge in [-0.1, -0.05) is 18.2 Å². The Morgan fingerprint density at radius 3 is 2.29 bits per heavy atom. The van der Waals surface area contributed by atoms with Crippen molar-refractivity contribution in [1.82, 2.24) is 4.31 Å². The van der Waals surface area contributed by atoms with Crippen LogP contribution in [0.5, 0.6) is 5.75 Å². The third-order valence-corrected chi connectivity index (χ3v) is 7.77. The number of rotatable bonds is 6. The van der Waals surface area contributed by atoms with Gasteiger partial charge in [-0.25, -0.2) is 12.8 Å². The Kier molecular flexibility index (Phi) is 6.85. The van der Waals surface area contributed by atoms with Gasteiger partial charge >= 0.3 is 0 Å². The lowest BCUT2D eigenvalue weighted by molar-refractivity contribution is 0.102. The number of nitrogens with one attached hydrogen (secondary N) is 1. The minimum Gasteiger partial charge on any atom is -0.495 e. The zero-order chi connectivity index (χ0) is 24.3. The minimum atomic E-state index is -3.79. The maximum absolute atomic E-state index is 13.3. The van der Waals surface area contributed by atoms with E-state index in [0.29, 0.717) is 24.4 Å². The zero-order valence-electron chi connectivity index (χ0n) is 19.0.